The van der Waals surface area contributed by atoms with E-state index >= 15 is 0 Å². The standard InChI is InChI=1S/C29H25BrClF5N4O3/c1-15(29(34,35)36)27(41)37-13-16-3-8-21(31)17(9-16)10-26-39-22-11-20(28(42)38-19-6-4-18(30)5-7-19)24(43-14-25(32)33)12-23(22)40(26)2/h3-9,11-12,15,25H,10,13-14H2,1-2H3,(H,37,41)(H,38,42). The third-order valence-electron chi connectivity index (χ3n) is 6.60. The van der Waals surface area contributed by atoms with Gasteiger partial charge in [0.1, 0.15) is 24.1 Å². The van der Waals surface area contributed by atoms with Crippen LogP contribution >= 0.6 is 27.5 Å². The van der Waals surface area contributed by atoms with Crippen molar-refractivity contribution >= 4 is 56.1 Å². The molecular formula is C29H25BrClF5N4O3. The summed E-state index contributed by atoms with van der Waals surface area (Å²) in [5.74, 6) is -3.45. The number of benzene rings is 3. The molecule has 0 saturated carbocycles. The molecule has 3 aromatic carbocycles. The molecule has 43 heavy (non-hydrogen) atoms. The summed E-state index contributed by atoms with van der Waals surface area (Å²) < 4.78 is 72.3. The molecular weight excluding hydrogens is 663 g/mol. The van der Waals surface area contributed by atoms with Crippen LogP contribution in [0, 0.1) is 5.92 Å². The highest BCUT2D eigenvalue weighted by atomic mass is 79.9. The monoisotopic (exact) mass is 686 g/mol. The minimum Gasteiger partial charge on any atom is -0.487 e. The average molecular weight is 688 g/mol. The normalized spacial score (nSPS) is 12.4. The van der Waals surface area contributed by atoms with Gasteiger partial charge in [-0.1, -0.05) is 39.7 Å². The molecule has 0 saturated heterocycles. The quantitative estimate of drug-likeness (QED) is 0.172. The summed E-state index contributed by atoms with van der Waals surface area (Å²) in [5.41, 5.74) is 2.48. The maximum atomic E-state index is 13.1. The third kappa shape index (κ3) is 8.02. The summed E-state index contributed by atoms with van der Waals surface area (Å²) in [4.78, 5) is 29.7. The number of nitrogens with zero attached hydrogens (tertiary/aromatic N) is 2. The lowest BCUT2D eigenvalue weighted by molar-refractivity contribution is -0.178. The number of anilines is 1. The molecule has 1 aromatic heterocycles. The van der Waals surface area contributed by atoms with Crippen LogP contribution in [0.4, 0.5) is 27.6 Å². The molecule has 228 valence electrons. The molecule has 4 rings (SSSR count). The molecule has 0 aliphatic carbocycles. The average Bonchev–Trinajstić information content (AvgIpc) is 3.25. The van der Waals surface area contributed by atoms with Crippen LogP contribution in [0.5, 0.6) is 5.75 Å². The zero-order chi connectivity index (χ0) is 31.5. The number of hydrogen-bond donors (Lipinski definition) is 2. The largest absolute Gasteiger partial charge is 0.487 e. The molecule has 4 aromatic rings. The number of aryl methyl sites for hydroxylation is 1. The van der Waals surface area contributed by atoms with Crippen molar-refractivity contribution in [2.75, 3.05) is 11.9 Å². The predicted molar refractivity (Wildman–Crippen MR) is 156 cm³/mol. The Morgan fingerprint density at radius 3 is 2.44 bits per heavy atom. The summed E-state index contributed by atoms with van der Waals surface area (Å²) in [6.07, 6.45) is -7.24. The molecule has 0 fully saturated rings. The summed E-state index contributed by atoms with van der Waals surface area (Å²) in [6, 6.07) is 14.5. The Morgan fingerprint density at radius 1 is 1.09 bits per heavy atom. The third-order valence-corrected chi connectivity index (χ3v) is 7.49. The Labute approximate surface area is 256 Å². The number of alkyl halides is 5. The fraction of sp³-hybridized carbons (Fsp3) is 0.276. The lowest BCUT2D eigenvalue weighted by atomic mass is 10.1. The molecule has 2 amide bonds. The van der Waals surface area contributed by atoms with Crippen LogP contribution < -0.4 is 15.4 Å². The zero-order valence-corrected chi connectivity index (χ0v) is 25.1. The number of fused-ring (bicyclic) bond motifs is 1. The van der Waals surface area contributed by atoms with Crippen LogP contribution in [-0.2, 0) is 24.8 Å². The fourth-order valence-corrected chi connectivity index (χ4v) is 4.59. The molecule has 1 heterocycles. The number of ether oxygens (including phenoxy) is 1. The van der Waals surface area contributed by atoms with E-state index in [2.05, 4.69) is 31.5 Å². The SMILES string of the molecule is CC(C(=O)NCc1ccc(Cl)c(Cc2nc3cc(C(=O)Nc4ccc(Br)cc4)c(OCC(F)F)cc3n2C)c1)C(F)(F)F. The molecule has 0 aliphatic heterocycles. The molecule has 14 heteroatoms. The molecule has 7 nitrogen and oxygen atoms in total. The van der Waals surface area contributed by atoms with E-state index in [1.807, 2.05) is 0 Å². The first kappa shape index (κ1) is 32.2. The second kappa shape index (κ2) is 13.3. The second-order valence-electron chi connectivity index (χ2n) is 9.67. The van der Waals surface area contributed by atoms with Crippen molar-refractivity contribution in [3.8, 4) is 5.75 Å². The van der Waals surface area contributed by atoms with E-state index in [1.54, 1.807) is 54.1 Å². The summed E-state index contributed by atoms with van der Waals surface area (Å²) >= 11 is 9.72. The maximum absolute atomic E-state index is 13.1. The highest BCUT2D eigenvalue weighted by Crippen LogP contribution is 2.30. The highest BCUT2D eigenvalue weighted by Gasteiger charge is 2.40. The summed E-state index contributed by atoms with van der Waals surface area (Å²) in [7, 11) is 1.69. The van der Waals surface area contributed by atoms with Crippen molar-refractivity contribution in [3.63, 3.8) is 0 Å². The number of imidazole rings is 1. The number of amides is 2. The smallest absolute Gasteiger partial charge is 0.400 e. The van der Waals surface area contributed by atoms with Gasteiger partial charge < -0.3 is 19.9 Å². The van der Waals surface area contributed by atoms with E-state index in [0.29, 0.717) is 38.7 Å². The molecule has 1 unspecified atom stereocenters. The first-order valence-electron chi connectivity index (χ1n) is 12.8. The Kier molecular flexibility index (Phi) is 9.96. The van der Waals surface area contributed by atoms with Gasteiger partial charge in [-0.3, -0.25) is 9.59 Å². The van der Waals surface area contributed by atoms with Gasteiger partial charge in [0.25, 0.3) is 12.3 Å². The first-order valence-corrected chi connectivity index (χ1v) is 14.0. The topological polar surface area (TPSA) is 85.2 Å². The number of rotatable bonds is 10. The second-order valence-corrected chi connectivity index (χ2v) is 11.0. The van der Waals surface area contributed by atoms with Gasteiger partial charge in [-0.25, -0.2) is 13.8 Å². The van der Waals surface area contributed by atoms with Crippen LogP contribution in [0.15, 0.2) is 59.1 Å². The Balaban J connectivity index is 1.61. The Hall–Kier alpha value is -3.71. The Bertz CT molecular complexity index is 1640. The molecule has 0 bridgehead atoms. The molecule has 1 atom stereocenters. The van der Waals surface area contributed by atoms with Gasteiger partial charge in [0.15, 0.2) is 0 Å². The van der Waals surface area contributed by atoms with Crippen LogP contribution in [-0.4, -0.2) is 40.6 Å². The van der Waals surface area contributed by atoms with Gasteiger partial charge >= 0.3 is 6.18 Å². The molecule has 0 radical (unpaired) electrons. The van der Waals surface area contributed by atoms with Crippen molar-refractivity contribution in [3.05, 3.63) is 86.6 Å². The lowest BCUT2D eigenvalue weighted by Crippen LogP contribution is -2.37. The predicted octanol–water partition coefficient (Wildman–Crippen LogP) is 7.29. The number of halogens is 7. The number of hydrogen-bond acceptors (Lipinski definition) is 4. The van der Waals surface area contributed by atoms with Gasteiger partial charge in [-0.05, 0) is 54.4 Å². The van der Waals surface area contributed by atoms with E-state index in [4.69, 9.17) is 16.3 Å². The number of aromatic nitrogens is 2. The van der Waals surface area contributed by atoms with Crippen LogP contribution in [0.1, 0.15) is 34.2 Å². The first-order chi connectivity index (χ1) is 20.2. The van der Waals surface area contributed by atoms with E-state index in [0.717, 1.165) is 11.4 Å². The summed E-state index contributed by atoms with van der Waals surface area (Å²) in [5, 5.41) is 5.36. The number of carbonyl (C=O) groups excluding carboxylic acids is 2. The van der Waals surface area contributed by atoms with Crippen molar-refractivity contribution in [2.24, 2.45) is 13.0 Å². The zero-order valence-electron chi connectivity index (χ0n) is 22.7. The minimum absolute atomic E-state index is 0.00424. The fourth-order valence-electron chi connectivity index (χ4n) is 4.14. The van der Waals surface area contributed by atoms with Crippen molar-refractivity contribution in [2.45, 2.75) is 32.5 Å². The lowest BCUT2D eigenvalue weighted by Gasteiger charge is -2.15. The summed E-state index contributed by atoms with van der Waals surface area (Å²) in [6.45, 7) is -0.280. The van der Waals surface area contributed by atoms with Crippen LogP contribution in [0.3, 0.4) is 0 Å². The van der Waals surface area contributed by atoms with Gasteiger partial charge in [0, 0.05) is 41.3 Å². The molecule has 2 N–H and O–H groups in total. The van der Waals surface area contributed by atoms with Crippen molar-refractivity contribution < 1.29 is 36.3 Å². The van der Waals surface area contributed by atoms with E-state index < -0.39 is 36.9 Å². The highest BCUT2D eigenvalue weighted by molar-refractivity contribution is 9.10. The van der Waals surface area contributed by atoms with E-state index in [1.165, 1.54) is 12.1 Å². The van der Waals surface area contributed by atoms with Crippen molar-refractivity contribution in [1.29, 1.82) is 0 Å². The maximum Gasteiger partial charge on any atom is 0.400 e. The van der Waals surface area contributed by atoms with E-state index in [-0.39, 0.29) is 24.3 Å². The van der Waals surface area contributed by atoms with Crippen molar-refractivity contribution in [1.82, 2.24) is 14.9 Å². The van der Waals surface area contributed by atoms with Gasteiger partial charge in [-0.2, -0.15) is 13.2 Å². The van der Waals surface area contributed by atoms with Crippen LogP contribution in [0.2, 0.25) is 5.02 Å². The Morgan fingerprint density at radius 2 is 1.79 bits per heavy atom. The number of carbonyl (C=O) groups is 2. The minimum atomic E-state index is -4.65. The van der Waals surface area contributed by atoms with Gasteiger partial charge in [0.05, 0.1) is 16.6 Å². The van der Waals surface area contributed by atoms with E-state index in [9.17, 15) is 31.5 Å². The van der Waals surface area contributed by atoms with Gasteiger partial charge in [0.2, 0.25) is 5.91 Å². The molecule has 0 spiro atoms. The van der Waals surface area contributed by atoms with Gasteiger partial charge in [-0.15, -0.1) is 0 Å². The molecule has 0 aliphatic rings. The number of nitrogens with one attached hydrogen (secondary N) is 2. The van der Waals surface area contributed by atoms with Crippen LogP contribution in [0.25, 0.3) is 11.0 Å².